The van der Waals surface area contributed by atoms with Crippen LogP contribution in [0.2, 0.25) is 0 Å². The Morgan fingerprint density at radius 1 is 1.45 bits per heavy atom. The van der Waals surface area contributed by atoms with Crippen molar-refractivity contribution < 1.29 is 4.39 Å². The van der Waals surface area contributed by atoms with E-state index in [1.54, 1.807) is 6.07 Å². The van der Waals surface area contributed by atoms with Crippen LogP contribution >= 0.6 is 15.9 Å². The van der Waals surface area contributed by atoms with Gasteiger partial charge < -0.3 is 10.6 Å². The van der Waals surface area contributed by atoms with Gasteiger partial charge >= 0.3 is 0 Å². The van der Waals surface area contributed by atoms with Gasteiger partial charge in [0.25, 0.3) is 0 Å². The van der Waals surface area contributed by atoms with E-state index in [1.807, 2.05) is 6.07 Å². The van der Waals surface area contributed by atoms with Crippen LogP contribution in [-0.4, -0.2) is 24.5 Å². The number of nitrogens with zero attached hydrogens (tertiary/aromatic N) is 1. The van der Waals surface area contributed by atoms with Crippen molar-refractivity contribution in [2.24, 2.45) is 11.7 Å². The number of halogens is 2. The number of likely N-dealkylation sites (N-methyl/N-ethyl adjacent to an activating group) is 1. The Morgan fingerprint density at radius 2 is 2.15 bits per heavy atom. The summed E-state index contributed by atoms with van der Waals surface area (Å²) >= 11 is 3.42. The van der Waals surface area contributed by atoms with E-state index >= 15 is 0 Å². The summed E-state index contributed by atoms with van der Waals surface area (Å²) in [6.07, 6.45) is 4.44. The van der Waals surface area contributed by atoms with E-state index in [-0.39, 0.29) is 17.4 Å². The number of hydrogen-bond acceptors (Lipinski definition) is 2. The fourth-order valence-electron chi connectivity index (χ4n) is 3.57. The first-order valence-corrected chi connectivity index (χ1v) is 8.04. The quantitative estimate of drug-likeness (QED) is 0.895. The highest BCUT2D eigenvalue weighted by atomic mass is 79.9. The molecule has 0 bridgehead atoms. The lowest BCUT2D eigenvalue weighted by Gasteiger charge is -2.49. The minimum absolute atomic E-state index is 0.153. The van der Waals surface area contributed by atoms with Crippen LogP contribution in [0.4, 0.5) is 4.39 Å². The van der Waals surface area contributed by atoms with Gasteiger partial charge in [-0.25, -0.2) is 4.39 Å². The van der Waals surface area contributed by atoms with E-state index in [9.17, 15) is 4.39 Å². The third-order valence-corrected chi connectivity index (χ3v) is 5.26. The molecule has 2 rings (SSSR count). The van der Waals surface area contributed by atoms with Crippen LogP contribution in [0, 0.1) is 11.7 Å². The largest absolute Gasteiger partial charge is 0.322 e. The second kappa shape index (κ2) is 6.12. The number of hydrogen-bond donors (Lipinski definition) is 1. The Balaban J connectivity index is 2.41. The normalized spacial score (nSPS) is 28.6. The first kappa shape index (κ1) is 15.9. The molecule has 0 spiro atoms. The molecule has 1 fully saturated rings. The standard InChI is InChI=1S/C16H24BrFN2/c1-11-5-4-8-16(10-11,20(2)3)15(19)13-9-12(17)6-7-14(13)18/h6-7,9,11,15H,4-5,8,10,19H2,1-3H3. The number of rotatable bonds is 3. The molecule has 1 aliphatic rings. The monoisotopic (exact) mass is 342 g/mol. The van der Waals surface area contributed by atoms with Crippen molar-refractivity contribution in [3.05, 3.63) is 34.1 Å². The Bertz CT molecular complexity index is 478. The van der Waals surface area contributed by atoms with Crippen LogP contribution in [-0.2, 0) is 0 Å². The van der Waals surface area contributed by atoms with Crippen LogP contribution in [0.25, 0.3) is 0 Å². The molecule has 0 aromatic heterocycles. The smallest absolute Gasteiger partial charge is 0.128 e. The minimum atomic E-state index is -0.308. The van der Waals surface area contributed by atoms with Gasteiger partial charge in [-0.05, 0) is 51.1 Å². The average molecular weight is 343 g/mol. The van der Waals surface area contributed by atoms with Gasteiger partial charge in [-0.15, -0.1) is 0 Å². The molecule has 1 aromatic carbocycles. The highest BCUT2D eigenvalue weighted by Crippen LogP contribution is 2.43. The molecule has 0 heterocycles. The van der Waals surface area contributed by atoms with Gasteiger partial charge in [0.05, 0.1) is 6.04 Å². The second-order valence-electron chi connectivity index (χ2n) is 6.34. The van der Waals surface area contributed by atoms with E-state index < -0.39 is 0 Å². The van der Waals surface area contributed by atoms with Gasteiger partial charge in [0.1, 0.15) is 5.82 Å². The fourth-order valence-corrected chi connectivity index (χ4v) is 3.95. The Labute approximate surface area is 129 Å². The first-order chi connectivity index (χ1) is 9.36. The lowest BCUT2D eigenvalue weighted by atomic mass is 9.70. The van der Waals surface area contributed by atoms with Crippen molar-refractivity contribution in [2.45, 2.75) is 44.2 Å². The molecule has 0 radical (unpaired) electrons. The Kier molecular flexibility index (Phi) is 4.88. The number of nitrogens with two attached hydrogens (primary N) is 1. The summed E-state index contributed by atoms with van der Waals surface area (Å²) in [4.78, 5) is 2.20. The topological polar surface area (TPSA) is 29.3 Å². The van der Waals surface area contributed by atoms with Gasteiger partial charge in [-0.3, -0.25) is 0 Å². The highest BCUT2D eigenvalue weighted by Gasteiger charge is 2.43. The molecule has 0 saturated heterocycles. The Morgan fingerprint density at radius 3 is 2.75 bits per heavy atom. The lowest BCUT2D eigenvalue weighted by molar-refractivity contribution is 0.0488. The first-order valence-electron chi connectivity index (χ1n) is 7.25. The van der Waals surface area contributed by atoms with Gasteiger partial charge in [0, 0.05) is 15.6 Å². The van der Waals surface area contributed by atoms with Crippen molar-refractivity contribution in [2.75, 3.05) is 14.1 Å². The van der Waals surface area contributed by atoms with Crippen molar-refractivity contribution in [3.63, 3.8) is 0 Å². The molecule has 20 heavy (non-hydrogen) atoms. The SMILES string of the molecule is CC1CCCC(C(N)c2cc(Br)ccc2F)(N(C)C)C1. The van der Waals surface area contributed by atoms with Crippen LogP contribution < -0.4 is 5.73 Å². The van der Waals surface area contributed by atoms with E-state index in [1.165, 1.54) is 12.5 Å². The van der Waals surface area contributed by atoms with Crippen LogP contribution in [0.1, 0.15) is 44.2 Å². The van der Waals surface area contributed by atoms with Crippen molar-refractivity contribution in [1.82, 2.24) is 4.90 Å². The molecule has 2 N–H and O–H groups in total. The lowest BCUT2D eigenvalue weighted by Crippen LogP contribution is -2.55. The van der Waals surface area contributed by atoms with E-state index in [4.69, 9.17) is 5.73 Å². The number of benzene rings is 1. The van der Waals surface area contributed by atoms with Crippen molar-refractivity contribution in [3.8, 4) is 0 Å². The maximum Gasteiger partial charge on any atom is 0.128 e. The zero-order chi connectivity index (χ0) is 14.9. The van der Waals surface area contributed by atoms with Gasteiger partial charge in [-0.1, -0.05) is 35.7 Å². The molecule has 1 saturated carbocycles. The maximum atomic E-state index is 14.2. The molecule has 1 aliphatic carbocycles. The molecule has 2 nitrogen and oxygen atoms in total. The summed E-state index contributed by atoms with van der Waals surface area (Å²) in [6, 6.07) is 4.73. The van der Waals surface area contributed by atoms with E-state index in [0.29, 0.717) is 11.5 Å². The summed E-state index contributed by atoms with van der Waals surface area (Å²) in [6.45, 7) is 2.27. The highest BCUT2D eigenvalue weighted by molar-refractivity contribution is 9.10. The third-order valence-electron chi connectivity index (χ3n) is 4.77. The third kappa shape index (κ3) is 2.92. The summed E-state index contributed by atoms with van der Waals surface area (Å²) in [5, 5.41) is 0. The molecule has 112 valence electrons. The molecular formula is C16H24BrFN2. The molecule has 3 unspecified atom stereocenters. The predicted molar refractivity (Wildman–Crippen MR) is 85.1 cm³/mol. The Hall–Kier alpha value is -0.450. The summed E-state index contributed by atoms with van der Waals surface area (Å²) in [5.74, 6) is 0.424. The van der Waals surface area contributed by atoms with Crippen LogP contribution in [0.3, 0.4) is 0 Å². The summed E-state index contributed by atoms with van der Waals surface area (Å²) in [5.41, 5.74) is 6.99. The predicted octanol–water partition coefficient (Wildman–Crippen LogP) is 4.10. The van der Waals surface area contributed by atoms with Gasteiger partial charge in [-0.2, -0.15) is 0 Å². The average Bonchev–Trinajstić information content (AvgIpc) is 2.40. The van der Waals surface area contributed by atoms with Gasteiger partial charge in [0.15, 0.2) is 0 Å². The molecule has 0 aliphatic heterocycles. The molecule has 3 atom stereocenters. The zero-order valence-corrected chi connectivity index (χ0v) is 14.1. The molecule has 4 heteroatoms. The minimum Gasteiger partial charge on any atom is -0.322 e. The van der Waals surface area contributed by atoms with Crippen molar-refractivity contribution in [1.29, 1.82) is 0 Å². The molecule has 0 amide bonds. The summed E-state index contributed by atoms with van der Waals surface area (Å²) in [7, 11) is 4.13. The van der Waals surface area contributed by atoms with Gasteiger partial charge in [0.2, 0.25) is 0 Å². The van der Waals surface area contributed by atoms with E-state index in [0.717, 1.165) is 23.7 Å². The fraction of sp³-hybridized carbons (Fsp3) is 0.625. The summed E-state index contributed by atoms with van der Waals surface area (Å²) < 4.78 is 15.1. The van der Waals surface area contributed by atoms with Crippen LogP contribution in [0.15, 0.2) is 22.7 Å². The van der Waals surface area contributed by atoms with Crippen molar-refractivity contribution >= 4 is 15.9 Å². The molecule has 1 aromatic rings. The van der Waals surface area contributed by atoms with Crippen LogP contribution in [0.5, 0.6) is 0 Å². The van der Waals surface area contributed by atoms with E-state index in [2.05, 4.69) is 41.8 Å². The zero-order valence-electron chi connectivity index (χ0n) is 12.5. The maximum absolute atomic E-state index is 14.2. The molecular weight excluding hydrogens is 319 g/mol. The second-order valence-corrected chi connectivity index (χ2v) is 7.26.